The lowest BCUT2D eigenvalue weighted by molar-refractivity contribution is -0.122. The van der Waals surface area contributed by atoms with Gasteiger partial charge in [0.25, 0.3) is 0 Å². The predicted octanol–water partition coefficient (Wildman–Crippen LogP) is 2.55. The number of likely N-dealkylation sites (N-methyl/N-ethyl adjacent to an activating group) is 1. The Morgan fingerprint density at radius 3 is 1.90 bits per heavy atom. The summed E-state index contributed by atoms with van der Waals surface area (Å²) in [5.41, 5.74) is 1.91. The molecule has 0 saturated heterocycles. The molecule has 3 amide bonds. The number of rotatable bonds is 8. The fourth-order valence-corrected chi connectivity index (χ4v) is 2.53. The smallest absolute Gasteiger partial charge is 0.241 e. The zero-order valence-electron chi connectivity index (χ0n) is 17.0. The van der Waals surface area contributed by atoms with Gasteiger partial charge in [-0.2, -0.15) is 0 Å². The number of carbonyl (C=O) groups excluding carboxylic acids is 3. The molecule has 0 heterocycles. The van der Waals surface area contributed by atoms with Crippen LogP contribution in [0.15, 0.2) is 48.5 Å². The minimum absolute atomic E-state index is 0.0576. The van der Waals surface area contributed by atoms with E-state index in [9.17, 15) is 14.4 Å². The fraction of sp³-hybridized carbons (Fsp3) is 0.286. The maximum Gasteiger partial charge on any atom is 0.241 e. The second-order valence-corrected chi connectivity index (χ2v) is 6.62. The molecule has 0 aliphatic heterocycles. The van der Waals surface area contributed by atoms with E-state index in [-0.39, 0.29) is 24.3 Å². The van der Waals surface area contributed by atoms with Crippen molar-refractivity contribution in [2.45, 2.75) is 19.9 Å². The number of nitrogens with zero attached hydrogens (tertiary/aromatic N) is 1. The summed E-state index contributed by atoms with van der Waals surface area (Å²) in [4.78, 5) is 37.4. The van der Waals surface area contributed by atoms with E-state index in [4.69, 9.17) is 4.74 Å². The second-order valence-electron chi connectivity index (χ2n) is 6.62. The molecule has 0 unspecified atom stereocenters. The van der Waals surface area contributed by atoms with E-state index in [0.717, 1.165) is 0 Å². The molecule has 2 aromatic carbocycles. The highest BCUT2D eigenvalue weighted by atomic mass is 16.5. The first-order valence-electron chi connectivity index (χ1n) is 9.11. The largest absolute Gasteiger partial charge is 0.497 e. The molecule has 154 valence electrons. The molecule has 0 aliphatic carbocycles. The minimum Gasteiger partial charge on any atom is -0.497 e. The summed E-state index contributed by atoms with van der Waals surface area (Å²) in [7, 11) is 3.28. The number of carbonyl (C=O) groups is 3. The molecule has 1 atom stereocenters. The summed E-state index contributed by atoms with van der Waals surface area (Å²) in [6.07, 6.45) is 0. The third kappa shape index (κ3) is 6.93. The Bertz CT molecular complexity index is 850. The summed E-state index contributed by atoms with van der Waals surface area (Å²) in [5.74, 6) is 0.0782. The van der Waals surface area contributed by atoms with Crippen LogP contribution in [0.5, 0.6) is 5.75 Å². The zero-order valence-corrected chi connectivity index (χ0v) is 17.0. The first-order chi connectivity index (χ1) is 13.8. The molecule has 8 nitrogen and oxygen atoms in total. The number of methoxy groups -OCH3 is 1. The maximum absolute atomic E-state index is 12.5. The highest BCUT2D eigenvalue weighted by Gasteiger charge is 2.20. The Labute approximate surface area is 170 Å². The van der Waals surface area contributed by atoms with Gasteiger partial charge in [0, 0.05) is 24.0 Å². The third-order valence-electron chi connectivity index (χ3n) is 4.28. The lowest BCUT2D eigenvalue weighted by Crippen LogP contribution is -2.43. The van der Waals surface area contributed by atoms with Crippen LogP contribution >= 0.6 is 0 Å². The lowest BCUT2D eigenvalue weighted by atomic mass is 10.2. The van der Waals surface area contributed by atoms with Crippen LogP contribution in [0, 0.1) is 0 Å². The van der Waals surface area contributed by atoms with Crippen molar-refractivity contribution >= 4 is 34.8 Å². The molecule has 29 heavy (non-hydrogen) atoms. The fourth-order valence-electron chi connectivity index (χ4n) is 2.53. The van der Waals surface area contributed by atoms with Crippen molar-refractivity contribution in [2.24, 2.45) is 0 Å². The van der Waals surface area contributed by atoms with Crippen molar-refractivity contribution in [3.63, 3.8) is 0 Å². The van der Waals surface area contributed by atoms with E-state index in [0.29, 0.717) is 22.8 Å². The van der Waals surface area contributed by atoms with Gasteiger partial charge in [0.15, 0.2) is 0 Å². The maximum atomic E-state index is 12.5. The van der Waals surface area contributed by atoms with E-state index < -0.39 is 6.04 Å². The number of ether oxygens (including phenoxy) is 1. The number of amides is 3. The summed E-state index contributed by atoms with van der Waals surface area (Å²) in [6, 6.07) is 13.3. The molecule has 0 bridgehead atoms. The van der Waals surface area contributed by atoms with Crippen LogP contribution in [0.1, 0.15) is 13.8 Å². The van der Waals surface area contributed by atoms with Crippen LogP contribution in [0.2, 0.25) is 0 Å². The van der Waals surface area contributed by atoms with Gasteiger partial charge in [-0.25, -0.2) is 0 Å². The standard InChI is InChI=1S/C21H26N4O4/c1-14(21(28)24-18-7-5-16(6-8-18)22-15(2)26)25(3)13-20(27)23-17-9-11-19(29-4)12-10-17/h5-12,14H,13H2,1-4H3,(H,22,26)(H,23,27)(H,24,28)/t14-/m1/s1. The van der Waals surface area contributed by atoms with Crippen molar-refractivity contribution in [1.82, 2.24) is 4.90 Å². The zero-order chi connectivity index (χ0) is 21.4. The summed E-state index contributed by atoms with van der Waals surface area (Å²) in [5, 5.41) is 8.25. The Kier molecular flexibility index (Phi) is 7.73. The molecular formula is C21H26N4O4. The molecule has 0 aromatic heterocycles. The first kappa shape index (κ1) is 21.9. The average molecular weight is 398 g/mol. The SMILES string of the molecule is COc1ccc(NC(=O)CN(C)[C@H](C)C(=O)Nc2ccc(NC(C)=O)cc2)cc1. The summed E-state index contributed by atoms with van der Waals surface area (Å²) >= 11 is 0. The quantitative estimate of drug-likeness (QED) is 0.635. The highest BCUT2D eigenvalue weighted by Crippen LogP contribution is 2.16. The van der Waals surface area contributed by atoms with Gasteiger partial charge in [-0.3, -0.25) is 19.3 Å². The molecule has 0 aliphatic rings. The molecule has 0 fully saturated rings. The predicted molar refractivity (Wildman–Crippen MR) is 113 cm³/mol. The second kappa shape index (κ2) is 10.2. The number of anilines is 3. The van der Waals surface area contributed by atoms with E-state index in [2.05, 4.69) is 16.0 Å². The Hall–Kier alpha value is -3.39. The van der Waals surface area contributed by atoms with Gasteiger partial charge in [-0.15, -0.1) is 0 Å². The van der Waals surface area contributed by atoms with Crippen LogP contribution in [0.25, 0.3) is 0 Å². The van der Waals surface area contributed by atoms with Crippen LogP contribution in [0.3, 0.4) is 0 Å². The van der Waals surface area contributed by atoms with Crippen LogP contribution in [0.4, 0.5) is 17.1 Å². The molecule has 0 spiro atoms. The highest BCUT2D eigenvalue weighted by molar-refractivity contribution is 5.96. The summed E-state index contributed by atoms with van der Waals surface area (Å²) in [6.45, 7) is 3.21. The average Bonchev–Trinajstić information content (AvgIpc) is 2.68. The minimum atomic E-state index is -0.522. The topological polar surface area (TPSA) is 99.8 Å². The molecular weight excluding hydrogens is 372 g/mol. The van der Waals surface area contributed by atoms with E-state index >= 15 is 0 Å². The summed E-state index contributed by atoms with van der Waals surface area (Å²) < 4.78 is 5.08. The van der Waals surface area contributed by atoms with Gasteiger partial charge < -0.3 is 20.7 Å². The molecule has 2 rings (SSSR count). The number of hydrogen-bond donors (Lipinski definition) is 3. The van der Waals surface area contributed by atoms with Crippen molar-refractivity contribution in [3.05, 3.63) is 48.5 Å². The molecule has 0 saturated carbocycles. The van der Waals surface area contributed by atoms with Crippen LogP contribution in [-0.4, -0.2) is 49.4 Å². The van der Waals surface area contributed by atoms with Gasteiger partial charge in [0.2, 0.25) is 17.7 Å². The van der Waals surface area contributed by atoms with Crippen LogP contribution in [-0.2, 0) is 14.4 Å². The molecule has 8 heteroatoms. The molecule has 2 aromatic rings. The van der Waals surface area contributed by atoms with Gasteiger partial charge in [0.1, 0.15) is 5.75 Å². The first-order valence-corrected chi connectivity index (χ1v) is 9.11. The van der Waals surface area contributed by atoms with Crippen molar-refractivity contribution < 1.29 is 19.1 Å². The van der Waals surface area contributed by atoms with E-state index in [1.807, 2.05) is 0 Å². The van der Waals surface area contributed by atoms with Gasteiger partial charge in [-0.05, 0) is 62.5 Å². The van der Waals surface area contributed by atoms with E-state index in [1.165, 1.54) is 6.92 Å². The van der Waals surface area contributed by atoms with E-state index in [1.54, 1.807) is 74.5 Å². The number of nitrogens with one attached hydrogen (secondary N) is 3. The lowest BCUT2D eigenvalue weighted by Gasteiger charge is -2.23. The van der Waals surface area contributed by atoms with Crippen molar-refractivity contribution in [2.75, 3.05) is 36.7 Å². The van der Waals surface area contributed by atoms with Gasteiger partial charge >= 0.3 is 0 Å². The third-order valence-corrected chi connectivity index (χ3v) is 4.28. The monoisotopic (exact) mass is 398 g/mol. The Morgan fingerprint density at radius 1 is 0.897 bits per heavy atom. The molecule has 3 N–H and O–H groups in total. The number of benzene rings is 2. The number of hydrogen-bond acceptors (Lipinski definition) is 5. The van der Waals surface area contributed by atoms with Gasteiger partial charge in [0.05, 0.1) is 19.7 Å². The van der Waals surface area contributed by atoms with Crippen molar-refractivity contribution in [3.8, 4) is 5.75 Å². The van der Waals surface area contributed by atoms with Gasteiger partial charge in [-0.1, -0.05) is 0 Å². The Morgan fingerprint density at radius 2 is 1.38 bits per heavy atom. The Balaban J connectivity index is 1.85. The van der Waals surface area contributed by atoms with Crippen LogP contribution < -0.4 is 20.7 Å². The normalized spacial score (nSPS) is 11.5. The van der Waals surface area contributed by atoms with Crippen molar-refractivity contribution in [1.29, 1.82) is 0 Å². The molecule has 0 radical (unpaired) electrons.